The number of aromatic nitrogens is 1. The van der Waals surface area contributed by atoms with Crippen molar-refractivity contribution in [2.45, 2.75) is 13.3 Å². The highest BCUT2D eigenvalue weighted by Crippen LogP contribution is 2.14. The van der Waals surface area contributed by atoms with Gasteiger partial charge in [-0.1, -0.05) is 0 Å². The first-order valence-corrected chi connectivity index (χ1v) is 5.11. The molecule has 0 bridgehead atoms. The number of anilines is 1. The van der Waals surface area contributed by atoms with E-state index in [0.717, 1.165) is 9.26 Å². The van der Waals surface area contributed by atoms with Crippen LogP contribution in [0.1, 0.15) is 13.3 Å². The first-order valence-electron chi connectivity index (χ1n) is 4.03. The summed E-state index contributed by atoms with van der Waals surface area (Å²) in [7, 11) is 0. The SMILES string of the molecule is CC(=O)CCNc1cnccc1I. The number of hydrogen-bond donors (Lipinski definition) is 1. The minimum Gasteiger partial charge on any atom is -0.382 e. The van der Waals surface area contributed by atoms with Crippen LogP contribution in [-0.2, 0) is 4.79 Å². The van der Waals surface area contributed by atoms with Gasteiger partial charge in [0.1, 0.15) is 5.78 Å². The zero-order valence-corrected chi connectivity index (χ0v) is 9.54. The standard InChI is InChI=1S/C9H11IN2O/c1-7(13)2-5-12-9-6-11-4-3-8(9)10/h3-4,6,12H,2,5H2,1H3. The molecule has 0 amide bonds. The summed E-state index contributed by atoms with van der Waals surface area (Å²) >= 11 is 2.23. The number of carbonyl (C=O) groups is 1. The van der Waals surface area contributed by atoms with Crippen LogP contribution in [0.2, 0.25) is 0 Å². The monoisotopic (exact) mass is 290 g/mol. The predicted octanol–water partition coefficient (Wildman–Crippen LogP) is 2.08. The van der Waals surface area contributed by atoms with E-state index in [1.165, 1.54) is 0 Å². The zero-order chi connectivity index (χ0) is 9.68. The molecule has 4 heteroatoms. The van der Waals surface area contributed by atoms with Gasteiger partial charge >= 0.3 is 0 Å². The predicted molar refractivity (Wildman–Crippen MR) is 60.7 cm³/mol. The molecule has 1 heterocycles. The van der Waals surface area contributed by atoms with Gasteiger partial charge in [0.2, 0.25) is 0 Å². The quantitative estimate of drug-likeness (QED) is 0.863. The summed E-state index contributed by atoms with van der Waals surface area (Å²) in [5.41, 5.74) is 0.990. The maximum absolute atomic E-state index is 10.7. The van der Waals surface area contributed by atoms with E-state index in [0.29, 0.717) is 13.0 Å². The summed E-state index contributed by atoms with van der Waals surface area (Å²) in [5.74, 6) is 0.200. The molecule has 0 aromatic carbocycles. The lowest BCUT2D eigenvalue weighted by Gasteiger charge is -2.05. The minimum atomic E-state index is 0.200. The topological polar surface area (TPSA) is 42.0 Å². The van der Waals surface area contributed by atoms with Crippen LogP contribution < -0.4 is 5.32 Å². The maximum Gasteiger partial charge on any atom is 0.131 e. The van der Waals surface area contributed by atoms with Crippen LogP contribution in [0.15, 0.2) is 18.5 Å². The number of carbonyl (C=O) groups excluding carboxylic acids is 1. The summed E-state index contributed by atoms with van der Waals surface area (Å²) in [5, 5.41) is 3.15. The number of pyridine rings is 1. The Bertz CT molecular complexity index is 301. The fraction of sp³-hybridized carbons (Fsp3) is 0.333. The molecule has 1 N–H and O–H groups in total. The lowest BCUT2D eigenvalue weighted by Crippen LogP contribution is -2.06. The van der Waals surface area contributed by atoms with E-state index >= 15 is 0 Å². The third-order valence-electron chi connectivity index (χ3n) is 1.56. The highest BCUT2D eigenvalue weighted by molar-refractivity contribution is 14.1. The Kier molecular flexibility index (Phi) is 4.14. The second-order valence-electron chi connectivity index (χ2n) is 2.73. The van der Waals surface area contributed by atoms with Gasteiger partial charge < -0.3 is 5.32 Å². The molecule has 0 radical (unpaired) electrons. The zero-order valence-electron chi connectivity index (χ0n) is 7.38. The number of rotatable bonds is 4. The van der Waals surface area contributed by atoms with Crippen LogP contribution in [-0.4, -0.2) is 17.3 Å². The van der Waals surface area contributed by atoms with Gasteiger partial charge in [-0.15, -0.1) is 0 Å². The smallest absolute Gasteiger partial charge is 0.131 e. The first-order chi connectivity index (χ1) is 6.20. The Morgan fingerprint density at radius 1 is 1.69 bits per heavy atom. The Balaban J connectivity index is 2.45. The van der Waals surface area contributed by atoms with E-state index in [4.69, 9.17) is 0 Å². The molecule has 0 saturated heterocycles. The molecular formula is C9H11IN2O. The second kappa shape index (κ2) is 5.16. The van der Waals surface area contributed by atoms with Crippen molar-refractivity contribution >= 4 is 34.1 Å². The highest BCUT2D eigenvalue weighted by Gasteiger charge is 1.98. The molecule has 1 aromatic rings. The summed E-state index contributed by atoms with van der Waals surface area (Å²) in [4.78, 5) is 14.7. The number of halogens is 1. The molecule has 0 spiro atoms. The van der Waals surface area contributed by atoms with Gasteiger partial charge in [0.15, 0.2) is 0 Å². The van der Waals surface area contributed by atoms with Crippen molar-refractivity contribution in [3.63, 3.8) is 0 Å². The molecule has 0 atom stereocenters. The fourth-order valence-electron chi connectivity index (χ4n) is 0.881. The summed E-state index contributed by atoms with van der Waals surface area (Å²) in [6.45, 7) is 2.27. The van der Waals surface area contributed by atoms with Gasteiger partial charge in [-0.2, -0.15) is 0 Å². The molecular weight excluding hydrogens is 279 g/mol. The largest absolute Gasteiger partial charge is 0.382 e. The molecule has 0 aliphatic carbocycles. The van der Waals surface area contributed by atoms with Crippen LogP contribution >= 0.6 is 22.6 Å². The third kappa shape index (κ3) is 3.71. The Morgan fingerprint density at radius 3 is 3.08 bits per heavy atom. The number of hydrogen-bond acceptors (Lipinski definition) is 3. The van der Waals surface area contributed by atoms with Crippen LogP contribution in [0, 0.1) is 3.57 Å². The molecule has 13 heavy (non-hydrogen) atoms. The average Bonchev–Trinajstić information content (AvgIpc) is 2.08. The van der Waals surface area contributed by atoms with Gasteiger partial charge in [-0.05, 0) is 35.6 Å². The normalized spacial score (nSPS) is 9.69. The van der Waals surface area contributed by atoms with E-state index in [2.05, 4.69) is 32.9 Å². The maximum atomic E-state index is 10.7. The number of nitrogens with one attached hydrogen (secondary N) is 1. The number of Topliss-reactive ketones (excluding diaryl/α,β-unsaturated/α-hetero) is 1. The minimum absolute atomic E-state index is 0.200. The van der Waals surface area contributed by atoms with E-state index in [1.54, 1.807) is 19.3 Å². The summed E-state index contributed by atoms with van der Waals surface area (Å²) in [6, 6.07) is 1.93. The molecule has 0 unspecified atom stereocenters. The van der Waals surface area contributed by atoms with Crippen molar-refractivity contribution in [2.24, 2.45) is 0 Å². The number of nitrogens with zero attached hydrogens (tertiary/aromatic N) is 1. The number of ketones is 1. The Labute approximate surface area is 91.1 Å². The lowest BCUT2D eigenvalue weighted by molar-refractivity contribution is -0.116. The van der Waals surface area contributed by atoms with Crippen LogP contribution in [0.25, 0.3) is 0 Å². The summed E-state index contributed by atoms with van der Waals surface area (Å²) in [6.07, 6.45) is 4.07. The van der Waals surface area contributed by atoms with Crippen molar-refractivity contribution < 1.29 is 4.79 Å². The molecule has 70 valence electrons. The van der Waals surface area contributed by atoms with E-state index in [-0.39, 0.29) is 5.78 Å². The Hall–Kier alpha value is -0.650. The van der Waals surface area contributed by atoms with Crippen molar-refractivity contribution in [1.29, 1.82) is 0 Å². The van der Waals surface area contributed by atoms with Gasteiger partial charge in [-0.3, -0.25) is 9.78 Å². The van der Waals surface area contributed by atoms with E-state index in [1.807, 2.05) is 6.07 Å². The molecule has 0 aliphatic rings. The molecule has 1 rings (SSSR count). The first kappa shape index (κ1) is 10.4. The second-order valence-corrected chi connectivity index (χ2v) is 3.90. The van der Waals surface area contributed by atoms with Crippen LogP contribution in [0.5, 0.6) is 0 Å². The van der Waals surface area contributed by atoms with Crippen LogP contribution in [0.4, 0.5) is 5.69 Å². The molecule has 3 nitrogen and oxygen atoms in total. The Morgan fingerprint density at radius 2 is 2.46 bits per heavy atom. The van der Waals surface area contributed by atoms with Gasteiger partial charge in [0.25, 0.3) is 0 Å². The molecule has 0 aliphatic heterocycles. The van der Waals surface area contributed by atoms with Crippen molar-refractivity contribution in [3.8, 4) is 0 Å². The van der Waals surface area contributed by atoms with Gasteiger partial charge in [-0.25, -0.2) is 0 Å². The summed E-state index contributed by atoms with van der Waals surface area (Å²) < 4.78 is 1.12. The lowest BCUT2D eigenvalue weighted by atomic mass is 10.3. The van der Waals surface area contributed by atoms with Crippen molar-refractivity contribution in [2.75, 3.05) is 11.9 Å². The van der Waals surface area contributed by atoms with E-state index in [9.17, 15) is 4.79 Å². The van der Waals surface area contributed by atoms with Crippen molar-refractivity contribution in [1.82, 2.24) is 4.98 Å². The fourth-order valence-corrected chi connectivity index (χ4v) is 1.37. The third-order valence-corrected chi connectivity index (χ3v) is 2.50. The average molecular weight is 290 g/mol. The molecule has 0 saturated carbocycles. The highest BCUT2D eigenvalue weighted by atomic mass is 127. The van der Waals surface area contributed by atoms with Crippen molar-refractivity contribution in [3.05, 3.63) is 22.0 Å². The van der Waals surface area contributed by atoms with Gasteiger partial charge in [0, 0.05) is 22.7 Å². The van der Waals surface area contributed by atoms with Crippen LogP contribution in [0.3, 0.4) is 0 Å². The van der Waals surface area contributed by atoms with E-state index < -0.39 is 0 Å². The van der Waals surface area contributed by atoms with Gasteiger partial charge in [0.05, 0.1) is 11.9 Å². The molecule has 1 aromatic heterocycles. The molecule has 0 fully saturated rings.